The van der Waals surface area contributed by atoms with Crippen LogP contribution in [0.1, 0.15) is 221 Å². The second-order valence-electron chi connectivity index (χ2n) is 24.7. The van der Waals surface area contributed by atoms with Crippen LogP contribution < -0.4 is 10.6 Å². The fourth-order valence-corrected chi connectivity index (χ4v) is 9.68. The number of hydrogen-bond donors (Lipinski definition) is 5. The number of amides is 2. The molecular weight excluding hydrogens is 1260 g/mol. The van der Waals surface area contributed by atoms with E-state index < -0.39 is 109 Å². The van der Waals surface area contributed by atoms with E-state index in [0.29, 0.717) is 123 Å². The molecule has 2 fully saturated rings. The smallest absolute Gasteiger partial charge is 0.303 e. The van der Waals surface area contributed by atoms with E-state index in [1.165, 1.54) is 34.6 Å². The van der Waals surface area contributed by atoms with Gasteiger partial charge in [0.05, 0.1) is 33.0 Å². The van der Waals surface area contributed by atoms with E-state index in [1.54, 1.807) is 0 Å². The molecule has 5 N–H and O–H groups in total. The minimum atomic E-state index is -1.35. The molecule has 2 aliphatic rings. The van der Waals surface area contributed by atoms with Crippen molar-refractivity contribution in [1.82, 2.24) is 10.6 Å². The number of carbonyl (C=O) groups is 9. The first-order valence-corrected chi connectivity index (χ1v) is 32.7. The highest BCUT2D eigenvalue weighted by Crippen LogP contribution is 2.31. The number of aliphatic hydroxyl groups excluding tert-OH is 3. The topological polar surface area (TPSA) is 349 Å². The van der Waals surface area contributed by atoms with E-state index in [0.717, 1.165) is 25.7 Å². The van der Waals surface area contributed by atoms with Gasteiger partial charge in [0.25, 0.3) is 0 Å². The summed E-state index contributed by atoms with van der Waals surface area (Å²) in [5.74, 6) is -2.17. The second-order valence-corrected chi connectivity index (χ2v) is 24.7. The van der Waals surface area contributed by atoms with Crippen LogP contribution in [0, 0.1) is 25.0 Å². The first-order valence-electron chi connectivity index (χ1n) is 32.7. The zero-order chi connectivity index (χ0) is 69.9. The third kappa shape index (κ3) is 42.3. The van der Waals surface area contributed by atoms with Crippen molar-refractivity contribution in [2.45, 2.75) is 294 Å². The number of unbranched alkanes of at least 4 members (excludes halogenated alkanes) is 6. The lowest BCUT2D eigenvalue weighted by Gasteiger charge is -2.44. The number of carbonyl (C=O) groups excluding carboxylic acids is 9. The van der Waals surface area contributed by atoms with Crippen LogP contribution in [-0.2, 0) is 95.3 Å². The maximum atomic E-state index is 12.2. The molecule has 0 bridgehead atoms. The number of Topliss-reactive ketones (excluding diaryl/α,β-unsaturated/α-hetero) is 4. The highest BCUT2D eigenvalue weighted by Gasteiger charge is 2.51. The van der Waals surface area contributed by atoms with Crippen molar-refractivity contribution >= 4 is 52.9 Å². The Morgan fingerprint density at radius 2 is 0.845 bits per heavy atom. The van der Waals surface area contributed by atoms with E-state index >= 15 is 0 Å². The highest BCUT2D eigenvalue weighted by molar-refractivity contribution is 5.80. The summed E-state index contributed by atoms with van der Waals surface area (Å²) in [6, 6.07) is -1.98. The Hall–Kier alpha value is -5.43. The Morgan fingerprint density at radius 3 is 1.24 bits per heavy atom. The van der Waals surface area contributed by atoms with Crippen molar-refractivity contribution in [3.8, 4) is 0 Å². The van der Waals surface area contributed by atoms with Gasteiger partial charge in [0.2, 0.25) is 22.9 Å². The maximum absolute atomic E-state index is 12.2. The number of aliphatic hydroxyl groups is 3. The molecule has 0 aromatic rings. The lowest BCUT2D eigenvalue weighted by atomic mass is 9.84. The summed E-state index contributed by atoms with van der Waals surface area (Å²) in [6.07, 6.45) is 1.30. The lowest BCUT2D eigenvalue weighted by Crippen LogP contribution is -2.66. The van der Waals surface area contributed by atoms with Crippen molar-refractivity contribution < 1.29 is 111 Å². The van der Waals surface area contributed by atoms with Crippen molar-refractivity contribution in [3.63, 3.8) is 0 Å². The number of rotatable bonds is 49. The average molecular weight is 1390 g/mol. The van der Waals surface area contributed by atoms with Gasteiger partial charge >= 0.3 is 17.9 Å². The zero-order valence-corrected chi connectivity index (χ0v) is 57.0. The van der Waals surface area contributed by atoms with Crippen LogP contribution in [-0.4, -0.2) is 220 Å². The van der Waals surface area contributed by atoms with E-state index in [4.69, 9.17) is 65.2 Å². The van der Waals surface area contributed by atoms with Gasteiger partial charge in [-0.1, -0.05) is 83.1 Å². The summed E-state index contributed by atoms with van der Waals surface area (Å²) in [5.41, 5.74) is -1.01. The molecule has 2 amide bonds. The van der Waals surface area contributed by atoms with E-state index in [9.17, 15) is 58.5 Å². The normalized spacial score (nSPS) is 21.4. The molecule has 0 spiro atoms. The van der Waals surface area contributed by atoms with Gasteiger partial charge in [-0.15, -0.1) is 0 Å². The number of nitrogens with one attached hydrogen (secondary N) is 2. The molecule has 0 radical (unpaired) electrons. The van der Waals surface area contributed by atoms with E-state index in [1.807, 2.05) is 41.5 Å². The summed E-state index contributed by atoms with van der Waals surface area (Å²) >= 11 is 0. The minimum absolute atomic E-state index is 0. The van der Waals surface area contributed by atoms with E-state index in [-0.39, 0.29) is 104 Å². The number of esters is 3. The number of nitrogens with zero attached hydrogens (tertiary/aromatic N) is 2. The summed E-state index contributed by atoms with van der Waals surface area (Å²) < 4.78 is 60.8. The Bertz CT molecular complexity index is 2330. The monoisotopic (exact) mass is 1390 g/mol. The van der Waals surface area contributed by atoms with Crippen LogP contribution >= 0.6 is 0 Å². The third-order valence-electron chi connectivity index (χ3n) is 16.2. The van der Waals surface area contributed by atoms with Crippen molar-refractivity contribution in [3.05, 3.63) is 22.8 Å². The SMILES string of the molecule is C.C.C.C.[C-]#[N+]C(C)(CCC(=O)CCCOCCOCC(=O)CCCCCCO[C@@H]1O[C@H](CO)[C@H](O)[C@H](O)[C@H]1NC(C)=O)C(C)C.[C-]#[N+]C(C)(CCC(=O)CCCOCCOCC(=O)CCCCCCO[C@@H]1O[C@H](COC(C)=O)[C@H](OC(C)=O)[C@H](OC(C)=O)[C@H]1NC(C)=O)C(C)C. The molecule has 564 valence electrons. The predicted octanol–water partition coefficient (Wildman–Crippen LogP) is 8.18. The van der Waals surface area contributed by atoms with Gasteiger partial charge in [0.1, 0.15) is 67.9 Å². The van der Waals surface area contributed by atoms with Crippen molar-refractivity contribution in [2.24, 2.45) is 11.8 Å². The Morgan fingerprint density at radius 1 is 0.464 bits per heavy atom. The Kier molecular flexibility index (Phi) is 55.9. The van der Waals surface area contributed by atoms with E-state index in [2.05, 4.69) is 20.3 Å². The number of ketones is 4. The molecule has 2 rings (SSSR count). The van der Waals surface area contributed by atoms with Crippen molar-refractivity contribution in [2.75, 3.05) is 79.3 Å². The first-order chi connectivity index (χ1) is 44.0. The van der Waals surface area contributed by atoms with Crippen LogP contribution in [0.25, 0.3) is 9.69 Å². The van der Waals surface area contributed by atoms with Gasteiger partial charge in [0.15, 0.2) is 36.4 Å². The van der Waals surface area contributed by atoms with Crippen LogP contribution in [0.15, 0.2) is 0 Å². The largest absolute Gasteiger partial charge is 0.463 e. The molecule has 97 heavy (non-hydrogen) atoms. The summed E-state index contributed by atoms with van der Waals surface area (Å²) in [4.78, 5) is 115. The zero-order valence-electron chi connectivity index (χ0n) is 57.0. The van der Waals surface area contributed by atoms with Gasteiger partial charge in [-0.25, -0.2) is 13.1 Å². The summed E-state index contributed by atoms with van der Waals surface area (Å²) in [6.45, 7) is 34.5. The second kappa shape index (κ2) is 55.4. The van der Waals surface area contributed by atoms with Gasteiger partial charge in [-0.2, -0.15) is 0 Å². The predicted molar refractivity (Wildman–Crippen MR) is 364 cm³/mol. The molecule has 0 aromatic carbocycles. The molecular formula is C70H126N4O23. The lowest BCUT2D eigenvalue weighted by molar-refractivity contribution is -0.277. The molecule has 0 saturated carbocycles. The Balaban J connectivity index is -0.000000871. The molecule has 12 atom stereocenters. The third-order valence-corrected chi connectivity index (χ3v) is 16.2. The first kappa shape index (κ1) is 98.0. The molecule has 27 nitrogen and oxygen atoms in total. The van der Waals surface area contributed by atoms with Gasteiger partial charge in [-0.3, -0.25) is 43.2 Å². The van der Waals surface area contributed by atoms with Crippen LogP contribution in [0.3, 0.4) is 0 Å². The van der Waals surface area contributed by atoms with Gasteiger partial charge < -0.3 is 87.7 Å². The van der Waals surface area contributed by atoms with Crippen LogP contribution in [0.4, 0.5) is 0 Å². The molecule has 2 unspecified atom stereocenters. The average Bonchev–Trinajstić information content (AvgIpc) is 0.800. The van der Waals surface area contributed by atoms with Gasteiger partial charge in [0, 0.05) is 138 Å². The fraction of sp³-hybridized carbons (Fsp3) is 0.843. The molecule has 0 aromatic heterocycles. The summed E-state index contributed by atoms with van der Waals surface area (Å²) in [7, 11) is 0. The minimum Gasteiger partial charge on any atom is -0.463 e. The molecule has 0 aliphatic carbocycles. The van der Waals surface area contributed by atoms with Crippen LogP contribution in [0.5, 0.6) is 0 Å². The van der Waals surface area contributed by atoms with Crippen LogP contribution in [0.2, 0.25) is 0 Å². The maximum Gasteiger partial charge on any atom is 0.303 e. The fourth-order valence-electron chi connectivity index (χ4n) is 9.68. The summed E-state index contributed by atoms with van der Waals surface area (Å²) in [5, 5.41) is 34.9. The molecule has 2 saturated heterocycles. The highest BCUT2D eigenvalue weighted by atomic mass is 16.7. The number of hydrogen-bond acceptors (Lipinski definition) is 23. The van der Waals surface area contributed by atoms with Crippen molar-refractivity contribution in [1.29, 1.82) is 0 Å². The Labute approximate surface area is 579 Å². The molecule has 2 heterocycles. The quantitative estimate of drug-likeness (QED) is 0.0166. The molecule has 2 aliphatic heterocycles. The molecule has 27 heteroatoms. The van der Waals surface area contributed by atoms with Gasteiger partial charge in [-0.05, 0) is 38.5 Å². The number of ether oxygens (including phenoxy) is 11. The standard InChI is InChI=1S/C36H58N2O13.C30H52N2O10.4CH4/c1-24(2)36(7,37-8)17-16-29(43)15-13-18-45-20-21-46-22-30(44)14-11-9-10-12-19-47-35-32(38-25(3)39)34(50-28(6)42)33(49-27(5)41)31(51-35)23-48-26(4)40;1-21(2)30(4,31-5)14-13-23(35)12-10-15-39-17-18-40-20-24(36)11-8-6-7-9-16-41-29-26(32-22(3)34)28(38)27(37)25(19-33)42-29;;;;/h24,31-35H,9-23H2,1-7H3,(H,38,39);21,25-29,33,37-38H,6-20H2,1-4H3,(H,32,34);4*1H4/t31-,32-,33+,34-,35-,36?;25-,26-,27+,28-,29-,30?;;;;/m11..../s1.